The van der Waals surface area contributed by atoms with Crippen LogP contribution in [-0.2, 0) is 9.53 Å². The highest BCUT2D eigenvalue weighted by Gasteiger charge is 2.49. The van der Waals surface area contributed by atoms with Gasteiger partial charge in [0.1, 0.15) is 5.54 Å². The van der Waals surface area contributed by atoms with Gasteiger partial charge in [0.2, 0.25) is 0 Å². The van der Waals surface area contributed by atoms with Crippen LogP contribution in [0, 0.1) is 0 Å². The van der Waals surface area contributed by atoms with Gasteiger partial charge in [-0.3, -0.25) is 10.1 Å². The van der Waals surface area contributed by atoms with Crippen molar-refractivity contribution in [3.8, 4) is 0 Å². The van der Waals surface area contributed by atoms with Crippen LogP contribution in [0.5, 0.6) is 0 Å². The summed E-state index contributed by atoms with van der Waals surface area (Å²) in [5.41, 5.74) is -0.426. The Kier molecular flexibility index (Phi) is 3.87. The van der Waals surface area contributed by atoms with Crippen molar-refractivity contribution in [3.63, 3.8) is 0 Å². The quantitative estimate of drug-likeness (QED) is 0.848. The topological polar surface area (TPSA) is 38.3 Å². The van der Waals surface area contributed by atoms with Gasteiger partial charge in [-0.2, -0.15) is 0 Å². The van der Waals surface area contributed by atoms with Gasteiger partial charge in [0.25, 0.3) is 0 Å². The van der Waals surface area contributed by atoms with Crippen LogP contribution in [0.2, 0.25) is 0 Å². The lowest BCUT2D eigenvalue weighted by molar-refractivity contribution is -0.148. The largest absolute Gasteiger partial charge is 0.468 e. The van der Waals surface area contributed by atoms with E-state index in [9.17, 15) is 4.79 Å². The fraction of sp³-hybridized carbons (Fsp3) is 0.643. The molecule has 2 aliphatic rings. The molecule has 3 rings (SSSR count). The first kappa shape index (κ1) is 13.5. The van der Waals surface area contributed by atoms with Crippen LogP contribution in [-0.4, -0.2) is 29.9 Å². The lowest BCUT2D eigenvalue weighted by atomic mass is 9.97. The summed E-state index contributed by atoms with van der Waals surface area (Å²) in [6.45, 7) is 0. The Morgan fingerprint density at radius 2 is 2.37 bits per heavy atom. The standard InChI is InChI=1S/C14H19NO2S2/c1-17-13(16)14(15-10-4-5-10)7-6-11(9-14)19-12-3-2-8-18-12/h2-3,8,10-11,15H,4-7,9H2,1H3. The number of hydrogen-bond donors (Lipinski definition) is 1. The normalized spacial score (nSPS) is 30.5. The van der Waals surface area contributed by atoms with E-state index >= 15 is 0 Å². The molecule has 0 aromatic carbocycles. The van der Waals surface area contributed by atoms with E-state index in [0.717, 1.165) is 19.3 Å². The Labute approximate surface area is 122 Å². The van der Waals surface area contributed by atoms with Crippen molar-refractivity contribution < 1.29 is 9.53 Å². The number of methoxy groups -OCH3 is 1. The van der Waals surface area contributed by atoms with Crippen LogP contribution >= 0.6 is 23.1 Å². The summed E-state index contributed by atoms with van der Waals surface area (Å²) in [5, 5.41) is 6.16. The van der Waals surface area contributed by atoms with Crippen LogP contribution in [0.4, 0.5) is 0 Å². The summed E-state index contributed by atoms with van der Waals surface area (Å²) in [7, 11) is 1.50. The van der Waals surface area contributed by atoms with E-state index in [4.69, 9.17) is 4.74 Å². The summed E-state index contributed by atoms with van der Waals surface area (Å²) < 4.78 is 6.39. The number of esters is 1. The number of carbonyl (C=O) groups is 1. The second-order valence-corrected chi connectivity index (χ2v) is 7.96. The second-order valence-electron chi connectivity index (χ2n) is 5.41. The molecule has 0 radical (unpaired) electrons. The molecule has 1 N–H and O–H groups in total. The Morgan fingerprint density at radius 3 is 3.00 bits per heavy atom. The van der Waals surface area contributed by atoms with Gasteiger partial charge in [-0.05, 0) is 43.6 Å². The van der Waals surface area contributed by atoms with E-state index in [1.165, 1.54) is 24.2 Å². The lowest BCUT2D eigenvalue weighted by Gasteiger charge is -2.27. The summed E-state index contributed by atoms with van der Waals surface area (Å²) in [6.07, 6.45) is 5.26. The Bertz CT molecular complexity index is 444. The highest BCUT2D eigenvalue weighted by molar-refractivity contribution is 8.01. The molecule has 5 heteroatoms. The molecule has 0 bridgehead atoms. The summed E-state index contributed by atoms with van der Waals surface area (Å²) in [6, 6.07) is 4.77. The van der Waals surface area contributed by atoms with Crippen molar-refractivity contribution in [3.05, 3.63) is 17.5 Å². The average Bonchev–Trinajstić information content (AvgIpc) is 2.91. The zero-order chi connectivity index (χ0) is 13.3. The van der Waals surface area contributed by atoms with Gasteiger partial charge in [-0.1, -0.05) is 6.07 Å². The molecule has 2 saturated carbocycles. The number of carbonyl (C=O) groups excluding carboxylic acids is 1. The zero-order valence-corrected chi connectivity index (χ0v) is 12.7. The molecule has 0 spiro atoms. The molecule has 2 aliphatic carbocycles. The molecular formula is C14H19NO2S2. The van der Waals surface area contributed by atoms with Crippen molar-refractivity contribution in [1.29, 1.82) is 0 Å². The molecule has 104 valence electrons. The van der Waals surface area contributed by atoms with E-state index in [-0.39, 0.29) is 5.97 Å². The van der Waals surface area contributed by atoms with E-state index in [2.05, 4.69) is 22.8 Å². The number of nitrogens with one attached hydrogen (secondary N) is 1. The lowest BCUT2D eigenvalue weighted by Crippen LogP contribution is -2.52. The number of rotatable bonds is 5. The summed E-state index contributed by atoms with van der Waals surface area (Å²) in [4.78, 5) is 12.2. The third-order valence-corrected chi connectivity index (χ3v) is 6.22. The first-order valence-corrected chi connectivity index (χ1v) is 8.54. The maximum absolute atomic E-state index is 12.2. The monoisotopic (exact) mass is 297 g/mol. The molecule has 2 unspecified atom stereocenters. The van der Waals surface area contributed by atoms with E-state index in [1.807, 2.05) is 11.8 Å². The van der Waals surface area contributed by atoms with Crippen molar-refractivity contribution in [2.75, 3.05) is 7.11 Å². The van der Waals surface area contributed by atoms with Crippen LogP contribution < -0.4 is 5.32 Å². The van der Waals surface area contributed by atoms with Gasteiger partial charge < -0.3 is 4.74 Å². The van der Waals surface area contributed by atoms with Crippen LogP contribution in [0.3, 0.4) is 0 Å². The first-order chi connectivity index (χ1) is 9.22. The van der Waals surface area contributed by atoms with Crippen LogP contribution in [0.1, 0.15) is 32.1 Å². The predicted octanol–water partition coefficient (Wildman–Crippen LogP) is 3.06. The Hall–Kier alpha value is -0.520. The molecule has 1 aromatic heterocycles. The fourth-order valence-electron chi connectivity index (χ4n) is 2.78. The maximum Gasteiger partial charge on any atom is 0.326 e. The molecule has 0 aliphatic heterocycles. The third-order valence-electron chi connectivity index (χ3n) is 3.88. The van der Waals surface area contributed by atoms with Gasteiger partial charge in [0.05, 0.1) is 11.3 Å². The molecule has 0 saturated heterocycles. The fourth-order valence-corrected chi connectivity index (χ4v) is 5.12. The number of ether oxygens (including phenoxy) is 1. The first-order valence-electron chi connectivity index (χ1n) is 6.78. The molecule has 2 atom stereocenters. The third kappa shape index (κ3) is 2.98. The molecule has 2 fully saturated rings. The van der Waals surface area contributed by atoms with E-state index < -0.39 is 5.54 Å². The molecule has 3 nitrogen and oxygen atoms in total. The molecule has 19 heavy (non-hydrogen) atoms. The Balaban J connectivity index is 1.67. The van der Waals surface area contributed by atoms with Gasteiger partial charge in [0, 0.05) is 11.3 Å². The number of thiophene rings is 1. The molecular weight excluding hydrogens is 278 g/mol. The van der Waals surface area contributed by atoms with Gasteiger partial charge in [0.15, 0.2) is 0 Å². The van der Waals surface area contributed by atoms with Gasteiger partial charge in [-0.25, -0.2) is 0 Å². The van der Waals surface area contributed by atoms with Gasteiger partial charge in [-0.15, -0.1) is 23.1 Å². The Morgan fingerprint density at radius 1 is 1.53 bits per heavy atom. The molecule has 1 aromatic rings. The minimum atomic E-state index is -0.426. The number of hydrogen-bond acceptors (Lipinski definition) is 5. The highest BCUT2D eigenvalue weighted by atomic mass is 32.2. The minimum Gasteiger partial charge on any atom is -0.468 e. The SMILES string of the molecule is COC(=O)C1(NC2CC2)CCC(Sc2cccs2)C1. The zero-order valence-electron chi connectivity index (χ0n) is 11.1. The average molecular weight is 297 g/mol. The van der Waals surface area contributed by atoms with Crippen molar-refractivity contribution >= 4 is 29.1 Å². The van der Waals surface area contributed by atoms with E-state index in [1.54, 1.807) is 11.3 Å². The second kappa shape index (κ2) is 5.46. The van der Waals surface area contributed by atoms with Crippen molar-refractivity contribution in [2.24, 2.45) is 0 Å². The van der Waals surface area contributed by atoms with Crippen LogP contribution in [0.15, 0.2) is 21.7 Å². The summed E-state index contributed by atoms with van der Waals surface area (Å²) in [5.74, 6) is -0.0753. The highest BCUT2D eigenvalue weighted by Crippen LogP contribution is 2.43. The molecule has 0 amide bonds. The maximum atomic E-state index is 12.2. The predicted molar refractivity (Wildman–Crippen MR) is 78.7 cm³/mol. The van der Waals surface area contributed by atoms with E-state index in [0.29, 0.717) is 11.3 Å². The molecule has 1 heterocycles. The number of thioether (sulfide) groups is 1. The minimum absolute atomic E-state index is 0.0753. The van der Waals surface area contributed by atoms with Crippen molar-refractivity contribution in [2.45, 2.75) is 53.1 Å². The van der Waals surface area contributed by atoms with Gasteiger partial charge >= 0.3 is 5.97 Å². The smallest absolute Gasteiger partial charge is 0.326 e. The van der Waals surface area contributed by atoms with Crippen molar-refractivity contribution in [1.82, 2.24) is 5.32 Å². The van der Waals surface area contributed by atoms with Crippen LogP contribution in [0.25, 0.3) is 0 Å². The summed E-state index contributed by atoms with van der Waals surface area (Å²) >= 11 is 3.68.